The molecule has 1 aromatic heterocycles. The minimum Gasteiger partial charge on any atom is -0.476 e. The zero-order valence-electron chi connectivity index (χ0n) is 10.8. The second-order valence-corrected chi connectivity index (χ2v) is 4.46. The fraction of sp³-hybridized carbons (Fsp3) is 0. The Kier molecular flexibility index (Phi) is 4.68. The molecule has 0 fully saturated rings. The van der Waals surface area contributed by atoms with E-state index in [0.717, 1.165) is 0 Å². The van der Waals surface area contributed by atoms with E-state index in [1.807, 2.05) is 0 Å². The van der Waals surface area contributed by atoms with Crippen LogP contribution in [0.5, 0.6) is 0 Å². The summed E-state index contributed by atoms with van der Waals surface area (Å²) in [4.78, 5) is 26.5. The molecule has 0 atom stereocenters. The number of pyridine rings is 1. The third-order valence-electron chi connectivity index (χ3n) is 2.59. The van der Waals surface area contributed by atoms with E-state index in [1.165, 1.54) is 18.3 Å². The van der Waals surface area contributed by atoms with Crippen molar-refractivity contribution in [3.8, 4) is 0 Å². The summed E-state index contributed by atoms with van der Waals surface area (Å²) in [7, 11) is 0. The van der Waals surface area contributed by atoms with E-state index in [4.69, 9.17) is 16.7 Å². The summed E-state index contributed by atoms with van der Waals surface area (Å²) in [5, 5.41) is 12.0. The molecular formula is C15H11ClN2O3. The maximum absolute atomic E-state index is 11.8. The topological polar surface area (TPSA) is 79.3 Å². The van der Waals surface area contributed by atoms with Gasteiger partial charge in [0.25, 0.3) is 0 Å². The second kappa shape index (κ2) is 6.67. The molecule has 0 aliphatic heterocycles. The molecule has 2 aromatic rings. The average Bonchev–Trinajstić information content (AvgIpc) is 2.47. The SMILES string of the molecule is O=C(/C=C/c1ccccc1Cl)Nc1cccnc1C(=O)O. The van der Waals surface area contributed by atoms with Crippen LogP contribution < -0.4 is 5.32 Å². The van der Waals surface area contributed by atoms with Gasteiger partial charge in [-0.05, 0) is 29.8 Å². The molecule has 2 rings (SSSR count). The van der Waals surface area contributed by atoms with Crippen molar-refractivity contribution in [1.29, 1.82) is 0 Å². The van der Waals surface area contributed by atoms with Gasteiger partial charge in [-0.25, -0.2) is 9.78 Å². The number of amides is 1. The number of hydrogen-bond acceptors (Lipinski definition) is 3. The third kappa shape index (κ3) is 3.90. The summed E-state index contributed by atoms with van der Waals surface area (Å²) in [5.74, 6) is -1.67. The van der Waals surface area contributed by atoms with Gasteiger partial charge < -0.3 is 10.4 Å². The molecular weight excluding hydrogens is 292 g/mol. The molecule has 0 saturated heterocycles. The molecule has 106 valence electrons. The number of anilines is 1. The standard InChI is InChI=1S/C15H11ClN2O3/c16-11-5-2-1-4-10(11)7-8-13(19)18-12-6-3-9-17-14(12)15(20)21/h1-9H,(H,18,19)(H,20,21)/b8-7+. The van der Waals surface area contributed by atoms with Crippen molar-refractivity contribution in [2.75, 3.05) is 5.32 Å². The number of halogens is 1. The predicted molar refractivity (Wildman–Crippen MR) is 80.3 cm³/mol. The molecule has 0 aliphatic carbocycles. The highest BCUT2D eigenvalue weighted by molar-refractivity contribution is 6.32. The smallest absolute Gasteiger partial charge is 0.356 e. The van der Waals surface area contributed by atoms with Gasteiger partial charge in [-0.2, -0.15) is 0 Å². The molecule has 2 N–H and O–H groups in total. The van der Waals surface area contributed by atoms with Gasteiger partial charge in [-0.1, -0.05) is 29.8 Å². The van der Waals surface area contributed by atoms with Crippen LogP contribution in [0.4, 0.5) is 5.69 Å². The highest BCUT2D eigenvalue weighted by Crippen LogP contribution is 2.17. The average molecular weight is 303 g/mol. The minimum absolute atomic E-state index is 0.138. The first-order valence-corrected chi connectivity index (χ1v) is 6.37. The lowest BCUT2D eigenvalue weighted by molar-refractivity contribution is -0.111. The van der Waals surface area contributed by atoms with Gasteiger partial charge in [0.2, 0.25) is 5.91 Å². The number of aromatic nitrogens is 1. The Morgan fingerprint density at radius 1 is 1.19 bits per heavy atom. The normalized spacial score (nSPS) is 10.5. The molecule has 0 unspecified atom stereocenters. The first-order chi connectivity index (χ1) is 10.1. The van der Waals surface area contributed by atoms with E-state index in [2.05, 4.69) is 10.3 Å². The van der Waals surface area contributed by atoms with Crippen LogP contribution in [-0.4, -0.2) is 22.0 Å². The van der Waals surface area contributed by atoms with Gasteiger partial charge in [-0.15, -0.1) is 0 Å². The predicted octanol–water partition coefficient (Wildman–Crippen LogP) is 3.09. The van der Waals surface area contributed by atoms with Gasteiger partial charge in [0.1, 0.15) is 0 Å². The van der Waals surface area contributed by atoms with Crippen LogP contribution in [0.1, 0.15) is 16.1 Å². The van der Waals surface area contributed by atoms with Gasteiger partial charge in [-0.3, -0.25) is 4.79 Å². The van der Waals surface area contributed by atoms with E-state index in [9.17, 15) is 9.59 Å². The number of nitrogens with zero attached hydrogens (tertiary/aromatic N) is 1. The Bertz CT molecular complexity index is 714. The van der Waals surface area contributed by atoms with Crippen molar-refractivity contribution < 1.29 is 14.7 Å². The molecule has 21 heavy (non-hydrogen) atoms. The van der Waals surface area contributed by atoms with Crippen LogP contribution in [0.3, 0.4) is 0 Å². The number of nitrogens with one attached hydrogen (secondary N) is 1. The Labute approximate surface area is 125 Å². The minimum atomic E-state index is -1.21. The Balaban J connectivity index is 2.13. The van der Waals surface area contributed by atoms with E-state index in [1.54, 1.807) is 36.4 Å². The maximum atomic E-state index is 11.8. The van der Waals surface area contributed by atoms with E-state index >= 15 is 0 Å². The zero-order valence-corrected chi connectivity index (χ0v) is 11.5. The molecule has 5 nitrogen and oxygen atoms in total. The number of carboxylic acid groups (broad SMARTS) is 1. The summed E-state index contributed by atoms with van der Waals surface area (Å²) in [5.41, 5.74) is 0.620. The molecule has 6 heteroatoms. The van der Waals surface area contributed by atoms with Crippen molar-refractivity contribution in [1.82, 2.24) is 4.98 Å². The number of rotatable bonds is 4. The largest absolute Gasteiger partial charge is 0.476 e. The Morgan fingerprint density at radius 3 is 2.67 bits per heavy atom. The first kappa shape index (κ1) is 14.7. The monoisotopic (exact) mass is 302 g/mol. The Morgan fingerprint density at radius 2 is 1.95 bits per heavy atom. The number of benzene rings is 1. The van der Waals surface area contributed by atoms with E-state index in [-0.39, 0.29) is 11.4 Å². The van der Waals surface area contributed by atoms with Gasteiger partial charge in [0.05, 0.1) is 5.69 Å². The zero-order chi connectivity index (χ0) is 15.2. The van der Waals surface area contributed by atoms with Crippen LogP contribution >= 0.6 is 11.6 Å². The molecule has 1 amide bonds. The van der Waals surface area contributed by atoms with Crippen molar-refractivity contribution in [3.63, 3.8) is 0 Å². The maximum Gasteiger partial charge on any atom is 0.356 e. The van der Waals surface area contributed by atoms with Crippen molar-refractivity contribution in [3.05, 3.63) is 65.0 Å². The molecule has 0 aliphatic rings. The lowest BCUT2D eigenvalue weighted by atomic mass is 10.2. The fourth-order valence-electron chi connectivity index (χ4n) is 1.63. The highest BCUT2D eigenvalue weighted by Gasteiger charge is 2.12. The Hall–Kier alpha value is -2.66. The second-order valence-electron chi connectivity index (χ2n) is 4.05. The van der Waals surface area contributed by atoms with Crippen LogP contribution in [0.25, 0.3) is 6.08 Å². The van der Waals surface area contributed by atoms with E-state index < -0.39 is 11.9 Å². The first-order valence-electron chi connectivity index (χ1n) is 6.00. The quantitative estimate of drug-likeness (QED) is 0.851. The fourth-order valence-corrected chi connectivity index (χ4v) is 1.83. The van der Waals surface area contributed by atoms with Crippen LogP contribution in [0, 0.1) is 0 Å². The molecule has 0 saturated carbocycles. The van der Waals surface area contributed by atoms with Gasteiger partial charge in [0, 0.05) is 17.3 Å². The summed E-state index contributed by atoms with van der Waals surface area (Å²) in [6.45, 7) is 0. The summed E-state index contributed by atoms with van der Waals surface area (Å²) < 4.78 is 0. The molecule has 1 heterocycles. The van der Waals surface area contributed by atoms with Crippen LogP contribution in [0.2, 0.25) is 5.02 Å². The summed E-state index contributed by atoms with van der Waals surface area (Å²) in [6, 6.07) is 10.1. The van der Waals surface area contributed by atoms with Gasteiger partial charge >= 0.3 is 5.97 Å². The molecule has 0 bridgehead atoms. The number of carbonyl (C=O) groups is 2. The van der Waals surface area contributed by atoms with Crippen molar-refractivity contribution >= 4 is 35.2 Å². The van der Waals surface area contributed by atoms with Crippen LogP contribution in [-0.2, 0) is 4.79 Å². The summed E-state index contributed by atoms with van der Waals surface area (Å²) >= 11 is 5.96. The highest BCUT2D eigenvalue weighted by atomic mass is 35.5. The van der Waals surface area contributed by atoms with E-state index in [0.29, 0.717) is 10.6 Å². The number of aromatic carboxylic acids is 1. The number of carbonyl (C=O) groups excluding carboxylic acids is 1. The lowest BCUT2D eigenvalue weighted by Crippen LogP contribution is -2.13. The number of carboxylic acids is 1. The molecule has 0 radical (unpaired) electrons. The number of hydrogen-bond donors (Lipinski definition) is 2. The third-order valence-corrected chi connectivity index (χ3v) is 2.93. The van der Waals surface area contributed by atoms with Crippen LogP contribution in [0.15, 0.2) is 48.7 Å². The lowest BCUT2D eigenvalue weighted by Gasteiger charge is -2.04. The molecule has 1 aromatic carbocycles. The van der Waals surface area contributed by atoms with Crippen molar-refractivity contribution in [2.45, 2.75) is 0 Å². The summed E-state index contributed by atoms with van der Waals surface area (Å²) in [6.07, 6.45) is 4.17. The van der Waals surface area contributed by atoms with Gasteiger partial charge in [0.15, 0.2) is 5.69 Å². The van der Waals surface area contributed by atoms with Crippen molar-refractivity contribution in [2.24, 2.45) is 0 Å². The molecule has 0 spiro atoms.